The van der Waals surface area contributed by atoms with Crippen LogP contribution in [0.3, 0.4) is 0 Å². The van der Waals surface area contributed by atoms with Crippen molar-refractivity contribution in [1.29, 1.82) is 0 Å². The molecule has 2 unspecified atom stereocenters. The molecular formula is C14H23NO2. The molecule has 17 heavy (non-hydrogen) atoms. The maximum absolute atomic E-state index is 6.08. The first-order valence-electron chi connectivity index (χ1n) is 6.18. The Hall–Kier alpha value is -1.06. The Morgan fingerprint density at radius 2 is 2.12 bits per heavy atom. The summed E-state index contributed by atoms with van der Waals surface area (Å²) in [5.74, 6) is 0.833. The number of benzene rings is 1. The molecular weight excluding hydrogens is 214 g/mol. The molecule has 0 saturated heterocycles. The first-order chi connectivity index (χ1) is 8.17. The molecule has 96 valence electrons. The van der Waals surface area contributed by atoms with E-state index in [0.717, 1.165) is 24.2 Å². The van der Waals surface area contributed by atoms with Gasteiger partial charge in [0, 0.05) is 0 Å². The molecule has 1 aromatic rings. The summed E-state index contributed by atoms with van der Waals surface area (Å²) in [7, 11) is 1.66. The van der Waals surface area contributed by atoms with Crippen LogP contribution in [0.2, 0.25) is 0 Å². The van der Waals surface area contributed by atoms with Crippen LogP contribution in [0.1, 0.15) is 38.3 Å². The first kappa shape index (κ1) is 14.0. The van der Waals surface area contributed by atoms with E-state index in [1.807, 2.05) is 24.3 Å². The Bertz CT molecular complexity index is 328. The highest BCUT2D eigenvalue weighted by Crippen LogP contribution is 2.18. The molecule has 0 amide bonds. The lowest BCUT2D eigenvalue weighted by Crippen LogP contribution is -2.20. The largest absolute Gasteiger partial charge is 0.497 e. The van der Waals surface area contributed by atoms with E-state index in [1.54, 1.807) is 7.11 Å². The van der Waals surface area contributed by atoms with Crippen LogP contribution in [0.4, 0.5) is 0 Å². The fourth-order valence-corrected chi connectivity index (χ4v) is 1.73. The van der Waals surface area contributed by atoms with Crippen molar-refractivity contribution < 1.29 is 9.47 Å². The molecule has 0 saturated carbocycles. The topological polar surface area (TPSA) is 44.5 Å². The van der Waals surface area contributed by atoms with E-state index in [2.05, 4.69) is 13.8 Å². The SMILES string of the molecule is CCCC(C)OCC(N)c1cccc(OC)c1. The highest BCUT2D eigenvalue weighted by molar-refractivity contribution is 5.30. The number of hydrogen-bond acceptors (Lipinski definition) is 3. The minimum absolute atomic E-state index is 0.0931. The van der Waals surface area contributed by atoms with Gasteiger partial charge in [-0.05, 0) is 31.0 Å². The number of nitrogens with two attached hydrogens (primary N) is 1. The van der Waals surface area contributed by atoms with Crippen LogP contribution >= 0.6 is 0 Å². The lowest BCUT2D eigenvalue weighted by Gasteiger charge is -2.17. The zero-order valence-electron chi connectivity index (χ0n) is 11.0. The van der Waals surface area contributed by atoms with E-state index in [1.165, 1.54) is 0 Å². The van der Waals surface area contributed by atoms with Gasteiger partial charge in [0.25, 0.3) is 0 Å². The number of hydrogen-bond donors (Lipinski definition) is 1. The predicted molar refractivity (Wildman–Crippen MR) is 70.2 cm³/mol. The summed E-state index contributed by atoms with van der Waals surface area (Å²) in [6, 6.07) is 7.73. The quantitative estimate of drug-likeness (QED) is 0.793. The lowest BCUT2D eigenvalue weighted by molar-refractivity contribution is 0.0503. The monoisotopic (exact) mass is 237 g/mol. The maximum atomic E-state index is 6.08. The van der Waals surface area contributed by atoms with Gasteiger partial charge in [-0.25, -0.2) is 0 Å². The molecule has 1 aromatic carbocycles. The Morgan fingerprint density at radius 3 is 2.76 bits per heavy atom. The van der Waals surface area contributed by atoms with Crippen molar-refractivity contribution in [3.63, 3.8) is 0 Å². The van der Waals surface area contributed by atoms with Crippen molar-refractivity contribution in [3.05, 3.63) is 29.8 Å². The van der Waals surface area contributed by atoms with Gasteiger partial charge in [-0.3, -0.25) is 0 Å². The van der Waals surface area contributed by atoms with E-state index in [4.69, 9.17) is 15.2 Å². The fraction of sp³-hybridized carbons (Fsp3) is 0.571. The molecule has 0 aromatic heterocycles. The summed E-state index contributed by atoms with van der Waals surface area (Å²) in [5, 5.41) is 0. The highest BCUT2D eigenvalue weighted by atomic mass is 16.5. The van der Waals surface area contributed by atoms with Crippen molar-refractivity contribution in [2.45, 2.75) is 38.8 Å². The average Bonchev–Trinajstić information content (AvgIpc) is 2.36. The predicted octanol–water partition coefficient (Wildman–Crippen LogP) is 2.90. The van der Waals surface area contributed by atoms with Gasteiger partial charge in [0.15, 0.2) is 0 Å². The van der Waals surface area contributed by atoms with E-state index in [0.29, 0.717) is 6.61 Å². The van der Waals surface area contributed by atoms with E-state index in [9.17, 15) is 0 Å². The Labute approximate surface area is 104 Å². The molecule has 0 heterocycles. The van der Waals surface area contributed by atoms with Gasteiger partial charge in [-0.1, -0.05) is 25.5 Å². The number of methoxy groups -OCH3 is 1. The van der Waals surface area contributed by atoms with Gasteiger partial charge in [0.05, 0.1) is 25.9 Å². The van der Waals surface area contributed by atoms with Crippen LogP contribution in [0.5, 0.6) is 5.75 Å². The molecule has 2 N–H and O–H groups in total. The molecule has 0 radical (unpaired) electrons. The second kappa shape index (κ2) is 7.30. The summed E-state index contributed by atoms with van der Waals surface area (Å²) in [5.41, 5.74) is 7.13. The van der Waals surface area contributed by atoms with Gasteiger partial charge in [0.2, 0.25) is 0 Å². The highest BCUT2D eigenvalue weighted by Gasteiger charge is 2.09. The number of ether oxygens (including phenoxy) is 2. The molecule has 0 bridgehead atoms. The molecule has 3 nitrogen and oxygen atoms in total. The van der Waals surface area contributed by atoms with Gasteiger partial charge in [0.1, 0.15) is 5.75 Å². The summed E-state index contributed by atoms with van der Waals surface area (Å²) >= 11 is 0. The first-order valence-corrected chi connectivity index (χ1v) is 6.18. The van der Waals surface area contributed by atoms with Gasteiger partial charge >= 0.3 is 0 Å². The fourth-order valence-electron chi connectivity index (χ4n) is 1.73. The zero-order valence-corrected chi connectivity index (χ0v) is 11.0. The van der Waals surface area contributed by atoms with E-state index in [-0.39, 0.29) is 12.1 Å². The van der Waals surface area contributed by atoms with Crippen LogP contribution in [0, 0.1) is 0 Å². The molecule has 3 heteroatoms. The molecule has 0 aliphatic rings. The normalized spacial score (nSPS) is 14.4. The summed E-state index contributed by atoms with van der Waals surface area (Å²) in [6.07, 6.45) is 2.48. The molecule has 2 atom stereocenters. The van der Waals surface area contributed by atoms with Crippen molar-refractivity contribution in [1.82, 2.24) is 0 Å². The second-order valence-electron chi connectivity index (χ2n) is 4.32. The van der Waals surface area contributed by atoms with Crippen LogP contribution in [-0.2, 0) is 4.74 Å². The van der Waals surface area contributed by atoms with Gasteiger partial charge < -0.3 is 15.2 Å². The second-order valence-corrected chi connectivity index (χ2v) is 4.32. The Morgan fingerprint density at radius 1 is 1.35 bits per heavy atom. The maximum Gasteiger partial charge on any atom is 0.119 e. The van der Waals surface area contributed by atoms with Crippen LogP contribution in [0.25, 0.3) is 0 Å². The standard InChI is InChI=1S/C14H23NO2/c1-4-6-11(2)17-10-14(15)12-7-5-8-13(9-12)16-3/h5,7-9,11,14H,4,6,10,15H2,1-3H3. The molecule has 0 spiro atoms. The smallest absolute Gasteiger partial charge is 0.119 e. The average molecular weight is 237 g/mol. The van der Waals surface area contributed by atoms with E-state index >= 15 is 0 Å². The van der Waals surface area contributed by atoms with Gasteiger partial charge in [-0.15, -0.1) is 0 Å². The number of rotatable bonds is 7. The molecule has 0 fully saturated rings. The third kappa shape index (κ3) is 4.75. The van der Waals surface area contributed by atoms with Crippen molar-refractivity contribution in [3.8, 4) is 5.75 Å². The lowest BCUT2D eigenvalue weighted by atomic mass is 10.1. The van der Waals surface area contributed by atoms with Gasteiger partial charge in [-0.2, -0.15) is 0 Å². The van der Waals surface area contributed by atoms with Crippen LogP contribution in [0.15, 0.2) is 24.3 Å². The van der Waals surface area contributed by atoms with Crippen molar-refractivity contribution in [2.75, 3.05) is 13.7 Å². The van der Waals surface area contributed by atoms with E-state index < -0.39 is 0 Å². The zero-order chi connectivity index (χ0) is 12.7. The minimum Gasteiger partial charge on any atom is -0.497 e. The van der Waals surface area contributed by atoms with Crippen LogP contribution in [-0.4, -0.2) is 19.8 Å². The van der Waals surface area contributed by atoms with Crippen LogP contribution < -0.4 is 10.5 Å². The molecule has 0 aliphatic heterocycles. The summed E-state index contributed by atoms with van der Waals surface area (Å²) in [6.45, 7) is 4.79. The Balaban J connectivity index is 2.48. The van der Waals surface area contributed by atoms with Crippen molar-refractivity contribution >= 4 is 0 Å². The van der Waals surface area contributed by atoms with Crippen molar-refractivity contribution in [2.24, 2.45) is 5.73 Å². The minimum atomic E-state index is -0.0931. The summed E-state index contributed by atoms with van der Waals surface area (Å²) < 4.78 is 10.9. The third-order valence-corrected chi connectivity index (χ3v) is 2.78. The third-order valence-electron chi connectivity index (χ3n) is 2.78. The summed E-state index contributed by atoms with van der Waals surface area (Å²) in [4.78, 5) is 0. The molecule has 0 aliphatic carbocycles. The molecule has 1 rings (SSSR count). The Kier molecular flexibility index (Phi) is 6.01.